The molecule has 1 aromatic rings. The predicted molar refractivity (Wildman–Crippen MR) is 50.9 cm³/mol. The van der Waals surface area contributed by atoms with Gasteiger partial charge in [0.25, 0.3) is 0 Å². The number of hydrogen-bond donors (Lipinski definition) is 1. The molecule has 1 fully saturated rings. The number of nitrogen functional groups attached to an aromatic ring is 1. The van der Waals surface area contributed by atoms with Crippen molar-refractivity contribution in [3.63, 3.8) is 0 Å². The molecule has 2 rings (SSSR count). The Bertz CT molecular complexity index is 300. The predicted octanol–water partition coefficient (Wildman–Crippen LogP) is 0.617. The van der Waals surface area contributed by atoms with E-state index in [-0.39, 0.29) is 12.1 Å². The zero-order valence-electron chi connectivity index (χ0n) is 7.85. The Labute approximate surface area is 82.3 Å². The normalized spacial score (nSPS) is 18.0. The number of hydrogen-bond acceptors (Lipinski definition) is 5. The van der Waals surface area contributed by atoms with E-state index >= 15 is 0 Å². The summed E-state index contributed by atoms with van der Waals surface area (Å²) in [5, 5.41) is 0. The van der Waals surface area contributed by atoms with Gasteiger partial charge < -0.3 is 15.2 Å². The maximum absolute atomic E-state index is 5.62. The van der Waals surface area contributed by atoms with E-state index in [2.05, 4.69) is 9.97 Å². The SMILES string of the molecule is Nc1nccc(OC2CCOCC2)n1. The van der Waals surface area contributed by atoms with Gasteiger partial charge in [-0.05, 0) is 0 Å². The number of nitrogens with zero attached hydrogens (tertiary/aromatic N) is 2. The Morgan fingerprint density at radius 2 is 2.21 bits per heavy atom. The molecule has 0 amide bonds. The van der Waals surface area contributed by atoms with E-state index in [0.29, 0.717) is 5.88 Å². The second-order valence-electron chi connectivity index (χ2n) is 3.18. The molecule has 5 nitrogen and oxygen atoms in total. The summed E-state index contributed by atoms with van der Waals surface area (Å²) >= 11 is 0. The van der Waals surface area contributed by atoms with Gasteiger partial charge in [0.05, 0.1) is 13.2 Å². The molecule has 2 heterocycles. The Morgan fingerprint density at radius 3 is 2.93 bits per heavy atom. The van der Waals surface area contributed by atoms with Crippen LogP contribution in [-0.4, -0.2) is 29.3 Å². The molecule has 1 aromatic heterocycles. The van der Waals surface area contributed by atoms with E-state index in [0.717, 1.165) is 26.1 Å². The molecule has 0 unspecified atom stereocenters. The van der Waals surface area contributed by atoms with Crippen molar-refractivity contribution >= 4 is 5.95 Å². The van der Waals surface area contributed by atoms with Crippen molar-refractivity contribution in [1.29, 1.82) is 0 Å². The summed E-state index contributed by atoms with van der Waals surface area (Å²) in [7, 11) is 0. The van der Waals surface area contributed by atoms with Crippen molar-refractivity contribution < 1.29 is 9.47 Å². The summed E-state index contributed by atoms with van der Waals surface area (Å²) in [6.07, 6.45) is 3.60. The summed E-state index contributed by atoms with van der Waals surface area (Å²) < 4.78 is 10.8. The fourth-order valence-corrected chi connectivity index (χ4v) is 1.39. The zero-order chi connectivity index (χ0) is 9.80. The topological polar surface area (TPSA) is 70.3 Å². The molecule has 0 aliphatic carbocycles. The lowest BCUT2D eigenvalue weighted by molar-refractivity contribution is 0.0237. The third-order valence-corrected chi connectivity index (χ3v) is 2.10. The zero-order valence-corrected chi connectivity index (χ0v) is 7.85. The fraction of sp³-hybridized carbons (Fsp3) is 0.556. The van der Waals surface area contributed by atoms with Crippen molar-refractivity contribution in [2.24, 2.45) is 0 Å². The van der Waals surface area contributed by atoms with Crippen LogP contribution in [0.5, 0.6) is 5.88 Å². The van der Waals surface area contributed by atoms with Crippen molar-refractivity contribution in [3.8, 4) is 5.88 Å². The smallest absolute Gasteiger partial charge is 0.223 e. The monoisotopic (exact) mass is 195 g/mol. The molecule has 2 N–H and O–H groups in total. The summed E-state index contributed by atoms with van der Waals surface area (Å²) in [6.45, 7) is 1.51. The first-order valence-corrected chi connectivity index (χ1v) is 4.67. The Kier molecular flexibility index (Phi) is 2.78. The molecule has 0 aromatic carbocycles. The van der Waals surface area contributed by atoms with Crippen LogP contribution in [-0.2, 0) is 4.74 Å². The Morgan fingerprint density at radius 1 is 1.43 bits per heavy atom. The molecule has 1 saturated heterocycles. The molecule has 5 heteroatoms. The first kappa shape index (κ1) is 9.21. The standard InChI is InChI=1S/C9H13N3O2/c10-9-11-4-1-8(12-9)14-7-2-5-13-6-3-7/h1,4,7H,2-3,5-6H2,(H2,10,11,12). The highest BCUT2D eigenvalue weighted by atomic mass is 16.5. The van der Waals surface area contributed by atoms with Crippen LogP contribution < -0.4 is 10.5 Å². The van der Waals surface area contributed by atoms with Crippen molar-refractivity contribution in [1.82, 2.24) is 9.97 Å². The summed E-state index contributed by atoms with van der Waals surface area (Å²) in [5.41, 5.74) is 5.44. The summed E-state index contributed by atoms with van der Waals surface area (Å²) in [4.78, 5) is 7.77. The van der Waals surface area contributed by atoms with E-state index in [1.165, 1.54) is 0 Å². The maximum atomic E-state index is 5.62. The Balaban J connectivity index is 1.95. The number of nitrogens with two attached hydrogens (primary N) is 1. The number of rotatable bonds is 2. The third-order valence-electron chi connectivity index (χ3n) is 2.10. The molecule has 0 bridgehead atoms. The van der Waals surface area contributed by atoms with E-state index < -0.39 is 0 Å². The minimum atomic E-state index is 0.193. The summed E-state index contributed by atoms with van der Waals surface area (Å²) in [6, 6.07) is 1.71. The molecule has 0 atom stereocenters. The van der Waals surface area contributed by atoms with Crippen LogP contribution in [0.3, 0.4) is 0 Å². The number of aromatic nitrogens is 2. The van der Waals surface area contributed by atoms with Gasteiger partial charge in [-0.25, -0.2) is 4.98 Å². The Hall–Kier alpha value is -1.36. The lowest BCUT2D eigenvalue weighted by Gasteiger charge is -2.22. The molecule has 0 radical (unpaired) electrons. The fourth-order valence-electron chi connectivity index (χ4n) is 1.39. The molecular formula is C9H13N3O2. The largest absolute Gasteiger partial charge is 0.474 e. The van der Waals surface area contributed by atoms with Crippen LogP contribution in [0.4, 0.5) is 5.95 Å². The average molecular weight is 195 g/mol. The van der Waals surface area contributed by atoms with Gasteiger partial charge in [0, 0.05) is 25.1 Å². The van der Waals surface area contributed by atoms with Crippen LogP contribution in [0, 0.1) is 0 Å². The second kappa shape index (κ2) is 4.23. The molecule has 0 spiro atoms. The highest BCUT2D eigenvalue weighted by Gasteiger charge is 2.15. The molecular weight excluding hydrogens is 182 g/mol. The van der Waals surface area contributed by atoms with E-state index in [9.17, 15) is 0 Å². The first-order chi connectivity index (χ1) is 6.84. The molecule has 76 valence electrons. The maximum Gasteiger partial charge on any atom is 0.223 e. The van der Waals surface area contributed by atoms with Gasteiger partial charge in [-0.15, -0.1) is 0 Å². The van der Waals surface area contributed by atoms with Gasteiger partial charge in [-0.1, -0.05) is 0 Å². The lowest BCUT2D eigenvalue weighted by Crippen LogP contribution is -2.26. The molecule has 1 aliphatic rings. The van der Waals surface area contributed by atoms with Crippen LogP contribution in [0.25, 0.3) is 0 Å². The second-order valence-corrected chi connectivity index (χ2v) is 3.18. The van der Waals surface area contributed by atoms with Gasteiger partial charge in [0.1, 0.15) is 6.10 Å². The van der Waals surface area contributed by atoms with Crippen LogP contribution in [0.2, 0.25) is 0 Å². The highest BCUT2D eigenvalue weighted by molar-refractivity contribution is 5.20. The highest BCUT2D eigenvalue weighted by Crippen LogP contribution is 2.15. The van der Waals surface area contributed by atoms with Gasteiger partial charge in [0.15, 0.2) is 0 Å². The van der Waals surface area contributed by atoms with Crippen molar-refractivity contribution in [2.75, 3.05) is 18.9 Å². The molecule has 1 aliphatic heterocycles. The average Bonchev–Trinajstić information content (AvgIpc) is 2.19. The summed E-state index contributed by atoms with van der Waals surface area (Å²) in [5.74, 6) is 0.791. The first-order valence-electron chi connectivity index (χ1n) is 4.67. The van der Waals surface area contributed by atoms with Crippen molar-refractivity contribution in [2.45, 2.75) is 18.9 Å². The van der Waals surface area contributed by atoms with Crippen LogP contribution >= 0.6 is 0 Å². The van der Waals surface area contributed by atoms with Gasteiger partial charge >= 0.3 is 0 Å². The minimum Gasteiger partial charge on any atom is -0.474 e. The third kappa shape index (κ3) is 2.32. The van der Waals surface area contributed by atoms with Gasteiger partial charge in [0.2, 0.25) is 11.8 Å². The molecule has 0 saturated carbocycles. The van der Waals surface area contributed by atoms with Gasteiger partial charge in [-0.2, -0.15) is 4.98 Å². The number of anilines is 1. The van der Waals surface area contributed by atoms with Crippen LogP contribution in [0.15, 0.2) is 12.3 Å². The minimum absolute atomic E-state index is 0.193. The van der Waals surface area contributed by atoms with Crippen molar-refractivity contribution in [3.05, 3.63) is 12.3 Å². The van der Waals surface area contributed by atoms with E-state index in [4.69, 9.17) is 15.2 Å². The van der Waals surface area contributed by atoms with E-state index in [1.807, 2.05) is 0 Å². The van der Waals surface area contributed by atoms with E-state index in [1.54, 1.807) is 12.3 Å². The molecule has 14 heavy (non-hydrogen) atoms. The van der Waals surface area contributed by atoms with Gasteiger partial charge in [-0.3, -0.25) is 0 Å². The van der Waals surface area contributed by atoms with Crippen LogP contribution in [0.1, 0.15) is 12.8 Å². The lowest BCUT2D eigenvalue weighted by atomic mass is 10.2. The number of ether oxygens (including phenoxy) is 2. The quantitative estimate of drug-likeness (QED) is 0.749.